The molecule has 1 N–H and O–H groups in total. The summed E-state index contributed by atoms with van der Waals surface area (Å²) in [6.45, 7) is 0. The standard InChI is InChI=1S/C20H17NO3S/c22-20-18(25(23,24)16-10-2-1-3-11-16)13-15-9-6-8-14-7-4-5-12-17(14)19(15)21-20/h1-5,7,10-13H,6,8-9H2,(H,21,22). The van der Waals surface area contributed by atoms with Gasteiger partial charge in [-0.1, -0.05) is 42.5 Å². The van der Waals surface area contributed by atoms with Crippen LogP contribution in [0.15, 0.2) is 75.2 Å². The van der Waals surface area contributed by atoms with Crippen molar-refractivity contribution in [2.45, 2.75) is 29.1 Å². The first-order chi connectivity index (χ1) is 12.1. The molecule has 0 saturated carbocycles. The monoisotopic (exact) mass is 351 g/mol. The van der Waals surface area contributed by atoms with Crippen LogP contribution in [0, 0.1) is 0 Å². The lowest BCUT2D eigenvalue weighted by atomic mass is 10.0. The molecule has 4 nitrogen and oxygen atoms in total. The molecular weight excluding hydrogens is 334 g/mol. The van der Waals surface area contributed by atoms with Crippen LogP contribution in [0.4, 0.5) is 0 Å². The van der Waals surface area contributed by atoms with Gasteiger partial charge in [-0.25, -0.2) is 8.42 Å². The molecule has 0 bridgehead atoms. The van der Waals surface area contributed by atoms with Crippen molar-refractivity contribution in [1.29, 1.82) is 0 Å². The molecule has 1 heterocycles. The Kier molecular flexibility index (Phi) is 3.81. The Morgan fingerprint density at radius 3 is 2.32 bits per heavy atom. The van der Waals surface area contributed by atoms with Gasteiger partial charge in [-0.2, -0.15) is 0 Å². The van der Waals surface area contributed by atoms with E-state index in [-0.39, 0.29) is 9.79 Å². The van der Waals surface area contributed by atoms with Gasteiger partial charge in [0.2, 0.25) is 9.84 Å². The molecule has 1 aliphatic carbocycles. The summed E-state index contributed by atoms with van der Waals surface area (Å²) in [5.41, 5.74) is 3.20. The maximum absolute atomic E-state index is 12.9. The van der Waals surface area contributed by atoms with Crippen LogP contribution >= 0.6 is 0 Å². The summed E-state index contributed by atoms with van der Waals surface area (Å²) in [4.78, 5) is 15.4. The van der Waals surface area contributed by atoms with Gasteiger partial charge in [0.1, 0.15) is 4.90 Å². The fourth-order valence-electron chi connectivity index (χ4n) is 3.37. The molecule has 0 unspecified atom stereocenters. The molecule has 0 saturated heterocycles. The van der Waals surface area contributed by atoms with Crippen LogP contribution in [-0.2, 0) is 22.7 Å². The number of rotatable bonds is 2. The van der Waals surface area contributed by atoms with E-state index in [9.17, 15) is 13.2 Å². The minimum atomic E-state index is -3.84. The van der Waals surface area contributed by atoms with E-state index in [1.54, 1.807) is 24.3 Å². The molecule has 1 aromatic heterocycles. The molecule has 0 atom stereocenters. The topological polar surface area (TPSA) is 67.0 Å². The quantitative estimate of drug-likeness (QED) is 0.770. The van der Waals surface area contributed by atoms with Crippen molar-refractivity contribution in [2.75, 3.05) is 0 Å². The molecule has 5 heteroatoms. The molecule has 0 fully saturated rings. The second-order valence-electron chi connectivity index (χ2n) is 6.19. The van der Waals surface area contributed by atoms with Crippen LogP contribution in [0.5, 0.6) is 0 Å². The Morgan fingerprint density at radius 1 is 0.840 bits per heavy atom. The average molecular weight is 351 g/mol. The third-order valence-corrected chi connectivity index (χ3v) is 6.39. The van der Waals surface area contributed by atoms with E-state index in [4.69, 9.17) is 0 Å². The van der Waals surface area contributed by atoms with Gasteiger partial charge in [0.25, 0.3) is 5.56 Å². The van der Waals surface area contributed by atoms with E-state index in [1.165, 1.54) is 17.7 Å². The first-order valence-corrected chi connectivity index (χ1v) is 9.70. The van der Waals surface area contributed by atoms with Crippen molar-refractivity contribution >= 4 is 9.84 Å². The third kappa shape index (κ3) is 2.70. The summed E-state index contributed by atoms with van der Waals surface area (Å²) in [5, 5.41) is 0. The van der Waals surface area contributed by atoms with Gasteiger partial charge >= 0.3 is 0 Å². The Balaban J connectivity index is 1.93. The number of aromatic nitrogens is 1. The highest BCUT2D eigenvalue weighted by atomic mass is 32.2. The first-order valence-electron chi connectivity index (χ1n) is 8.22. The van der Waals surface area contributed by atoms with Crippen LogP contribution in [0.2, 0.25) is 0 Å². The maximum atomic E-state index is 12.9. The third-order valence-electron chi connectivity index (χ3n) is 4.61. The highest BCUT2D eigenvalue weighted by Gasteiger charge is 2.24. The fourth-order valence-corrected chi connectivity index (χ4v) is 4.73. The van der Waals surface area contributed by atoms with E-state index < -0.39 is 15.4 Å². The summed E-state index contributed by atoms with van der Waals surface area (Å²) in [6, 6.07) is 17.6. The number of sulfone groups is 1. The number of H-pyrrole nitrogens is 1. The Hall–Kier alpha value is -2.66. The molecule has 4 rings (SSSR count). The van der Waals surface area contributed by atoms with E-state index in [2.05, 4.69) is 11.1 Å². The second kappa shape index (κ2) is 6.01. The van der Waals surface area contributed by atoms with Gasteiger partial charge in [-0.3, -0.25) is 4.79 Å². The first kappa shape index (κ1) is 15.8. The van der Waals surface area contributed by atoms with Crippen molar-refractivity contribution in [3.05, 3.63) is 82.1 Å². The Labute approximate surface area is 146 Å². The van der Waals surface area contributed by atoms with Gasteiger partial charge < -0.3 is 4.98 Å². The lowest BCUT2D eigenvalue weighted by Gasteiger charge is -2.11. The van der Waals surface area contributed by atoms with Crippen molar-refractivity contribution in [3.63, 3.8) is 0 Å². The smallest absolute Gasteiger partial charge is 0.267 e. The summed E-state index contributed by atoms with van der Waals surface area (Å²) < 4.78 is 25.7. The summed E-state index contributed by atoms with van der Waals surface area (Å²) in [6.07, 6.45) is 2.56. The molecule has 2 aromatic carbocycles. The lowest BCUT2D eigenvalue weighted by Crippen LogP contribution is -2.19. The number of fused-ring (bicyclic) bond motifs is 3. The number of pyridine rings is 1. The van der Waals surface area contributed by atoms with Crippen LogP contribution in [0.25, 0.3) is 11.3 Å². The predicted molar refractivity (Wildman–Crippen MR) is 96.4 cm³/mol. The van der Waals surface area contributed by atoms with Crippen molar-refractivity contribution in [3.8, 4) is 11.3 Å². The minimum Gasteiger partial charge on any atom is -0.321 e. The average Bonchev–Trinajstić information content (AvgIpc) is 2.81. The lowest BCUT2D eigenvalue weighted by molar-refractivity contribution is 0.594. The SMILES string of the molecule is O=c1[nH]c2c(cc1S(=O)(=O)c1ccccc1)CCCc1ccccc1-2. The van der Waals surface area contributed by atoms with Gasteiger partial charge in [0.05, 0.1) is 10.6 Å². The number of hydrogen-bond donors (Lipinski definition) is 1. The largest absolute Gasteiger partial charge is 0.321 e. The molecular formula is C20H17NO3S. The van der Waals surface area contributed by atoms with E-state index in [0.29, 0.717) is 0 Å². The van der Waals surface area contributed by atoms with Crippen LogP contribution in [0.3, 0.4) is 0 Å². The van der Waals surface area contributed by atoms with E-state index in [0.717, 1.165) is 36.1 Å². The predicted octanol–water partition coefficient (Wildman–Crippen LogP) is 3.36. The number of aromatic amines is 1. The van der Waals surface area contributed by atoms with Gasteiger partial charge in [0, 0.05) is 5.56 Å². The van der Waals surface area contributed by atoms with Gasteiger partial charge in [0.15, 0.2) is 0 Å². The molecule has 25 heavy (non-hydrogen) atoms. The maximum Gasteiger partial charge on any atom is 0.267 e. The zero-order valence-corrected chi connectivity index (χ0v) is 14.3. The van der Waals surface area contributed by atoms with Crippen LogP contribution < -0.4 is 5.56 Å². The van der Waals surface area contributed by atoms with Crippen molar-refractivity contribution in [1.82, 2.24) is 4.98 Å². The Bertz CT molecular complexity index is 1100. The second-order valence-corrected chi connectivity index (χ2v) is 8.11. The molecule has 0 spiro atoms. The minimum absolute atomic E-state index is 0.134. The summed E-state index contributed by atoms with van der Waals surface area (Å²) >= 11 is 0. The van der Waals surface area contributed by atoms with Crippen LogP contribution in [0.1, 0.15) is 17.5 Å². The van der Waals surface area contributed by atoms with Crippen LogP contribution in [-0.4, -0.2) is 13.4 Å². The molecule has 0 aliphatic heterocycles. The van der Waals surface area contributed by atoms with E-state index >= 15 is 0 Å². The molecule has 3 aromatic rings. The van der Waals surface area contributed by atoms with Gasteiger partial charge in [-0.15, -0.1) is 0 Å². The highest BCUT2D eigenvalue weighted by molar-refractivity contribution is 7.91. The summed E-state index contributed by atoms with van der Waals surface area (Å²) in [5.74, 6) is 0. The number of nitrogens with one attached hydrogen (secondary N) is 1. The summed E-state index contributed by atoms with van der Waals surface area (Å²) in [7, 11) is -3.84. The zero-order valence-electron chi connectivity index (χ0n) is 13.5. The van der Waals surface area contributed by atoms with E-state index in [1.807, 2.05) is 18.2 Å². The molecule has 126 valence electrons. The van der Waals surface area contributed by atoms with Crippen molar-refractivity contribution < 1.29 is 8.42 Å². The Morgan fingerprint density at radius 2 is 1.52 bits per heavy atom. The molecule has 1 aliphatic rings. The van der Waals surface area contributed by atoms with Gasteiger partial charge in [-0.05, 0) is 48.6 Å². The number of hydrogen-bond acceptors (Lipinski definition) is 3. The normalized spacial score (nSPS) is 13.6. The number of benzene rings is 2. The molecule has 0 amide bonds. The fraction of sp³-hybridized carbons (Fsp3) is 0.150. The highest BCUT2D eigenvalue weighted by Crippen LogP contribution is 2.31. The van der Waals surface area contributed by atoms with Crippen molar-refractivity contribution in [2.24, 2.45) is 0 Å². The zero-order chi connectivity index (χ0) is 17.4. The number of aryl methyl sites for hydroxylation is 2. The molecule has 0 radical (unpaired) electrons.